The molecule has 32 heavy (non-hydrogen) atoms. The maximum absolute atomic E-state index is 13.7. The zero-order valence-electron chi connectivity index (χ0n) is 18.6. The molecule has 0 aliphatic carbocycles. The standard InChI is InChI=1S/C26H31FN2O3/c1-32-23-14-10-19(11-15-23)24-7-3-2-4-17-29(24)26(31)21-6-5-16-28(18-21)25(30)20-8-12-22(27)13-9-20/h8-15,21,24H,2-7,16-18H2,1H3. The number of halogens is 1. The van der Waals surface area contributed by atoms with Crippen molar-refractivity contribution in [2.24, 2.45) is 5.92 Å². The van der Waals surface area contributed by atoms with Gasteiger partial charge < -0.3 is 14.5 Å². The molecule has 6 heteroatoms. The van der Waals surface area contributed by atoms with Gasteiger partial charge in [0.2, 0.25) is 5.91 Å². The Morgan fingerprint density at radius 3 is 2.38 bits per heavy atom. The number of amides is 2. The van der Waals surface area contributed by atoms with E-state index in [1.54, 1.807) is 12.0 Å². The van der Waals surface area contributed by atoms with Gasteiger partial charge in [-0.3, -0.25) is 9.59 Å². The average molecular weight is 439 g/mol. The van der Waals surface area contributed by atoms with Gasteiger partial charge in [-0.25, -0.2) is 4.39 Å². The molecule has 2 aromatic rings. The van der Waals surface area contributed by atoms with Crippen molar-refractivity contribution in [3.8, 4) is 5.75 Å². The lowest BCUT2D eigenvalue weighted by Crippen LogP contribution is -2.47. The Labute approximate surface area is 189 Å². The molecule has 2 atom stereocenters. The van der Waals surface area contributed by atoms with Gasteiger partial charge >= 0.3 is 0 Å². The molecule has 0 aromatic heterocycles. The van der Waals surface area contributed by atoms with E-state index in [1.807, 2.05) is 17.0 Å². The van der Waals surface area contributed by atoms with E-state index in [-0.39, 0.29) is 29.6 Å². The van der Waals surface area contributed by atoms with Crippen molar-refractivity contribution in [1.29, 1.82) is 0 Å². The Bertz CT molecular complexity index is 929. The van der Waals surface area contributed by atoms with Gasteiger partial charge in [0.25, 0.3) is 5.91 Å². The van der Waals surface area contributed by atoms with Crippen molar-refractivity contribution in [1.82, 2.24) is 9.80 Å². The summed E-state index contributed by atoms with van der Waals surface area (Å²) >= 11 is 0. The summed E-state index contributed by atoms with van der Waals surface area (Å²) in [4.78, 5) is 30.4. The number of benzene rings is 2. The SMILES string of the molecule is COc1ccc(C2CCCCCN2C(=O)C2CCCN(C(=O)c3ccc(F)cc3)C2)cc1. The maximum Gasteiger partial charge on any atom is 0.253 e. The molecule has 2 aliphatic rings. The second kappa shape index (κ2) is 10.2. The van der Waals surface area contributed by atoms with E-state index in [0.29, 0.717) is 18.7 Å². The molecule has 4 rings (SSSR count). The van der Waals surface area contributed by atoms with Gasteiger partial charge in [0.1, 0.15) is 11.6 Å². The Morgan fingerprint density at radius 1 is 0.906 bits per heavy atom. The van der Waals surface area contributed by atoms with Crippen LogP contribution in [-0.2, 0) is 4.79 Å². The first-order valence-corrected chi connectivity index (χ1v) is 11.6. The summed E-state index contributed by atoms with van der Waals surface area (Å²) < 4.78 is 18.5. The van der Waals surface area contributed by atoms with E-state index in [1.165, 1.54) is 24.3 Å². The van der Waals surface area contributed by atoms with Gasteiger partial charge in [0.05, 0.1) is 19.1 Å². The van der Waals surface area contributed by atoms with Gasteiger partial charge in [-0.05, 0) is 67.6 Å². The van der Waals surface area contributed by atoms with Crippen LogP contribution in [0.15, 0.2) is 48.5 Å². The minimum Gasteiger partial charge on any atom is -0.497 e. The normalized spacial score (nSPS) is 21.7. The van der Waals surface area contributed by atoms with E-state index in [2.05, 4.69) is 12.1 Å². The number of nitrogens with zero attached hydrogens (tertiary/aromatic N) is 2. The largest absolute Gasteiger partial charge is 0.497 e. The van der Waals surface area contributed by atoms with Gasteiger partial charge in [-0.2, -0.15) is 0 Å². The van der Waals surface area contributed by atoms with Crippen molar-refractivity contribution in [3.05, 3.63) is 65.5 Å². The van der Waals surface area contributed by atoms with Crippen LogP contribution in [0.25, 0.3) is 0 Å². The second-order valence-electron chi connectivity index (χ2n) is 8.77. The molecule has 170 valence electrons. The third-order valence-corrected chi connectivity index (χ3v) is 6.69. The van der Waals surface area contributed by atoms with Crippen LogP contribution >= 0.6 is 0 Å². The van der Waals surface area contributed by atoms with E-state index in [9.17, 15) is 14.0 Å². The molecule has 2 fully saturated rings. The fourth-order valence-electron chi connectivity index (χ4n) is 4.92. The van der Waals surface area contributed by atoms with Crippen LogP contribution in [-0.4, -0.2) is 48.4 Å². The molecule has 5 nitrogen and oxygen atoms in total. The summed E-state index contributed by atoms with van der Waals surface area (Å²) in [5, 5.41) is 0. The van der Waals surface area contributed by atoms with Crippen molar-refractivity contribution in [2.45, 2.75) is 44.6 Å². The van der Waals surface area contributed by atoms with Crippen LogP contribution in [0.3, 0.4) is 0 Å². The van der Waals surface area contributed by atoms with E-state index in [4.69, 9.17) is 4.74 Å². The van der Waals surface area contributed by atoms with Crippen molar-refractivity contribution in [2.75, 3.05) is 26.7 Å². The zero-order chi connectivity index (χ0) is 22.5. The first kappa shape index (κ1) is 22.3. The lowest BCUT2D eigenvalue weighted by atomic mass is 9.93. The summed E-state index contributed by atoms with van der Waals surface area (Å²) in [6.07, 6.45) is 5.76. The Balaban J connectivity index is 1.50. The topological polar surface area (TPSA) is 49.9 Å². The lowest BCUT2D eigenvalue weighted by Gasteiger charge is -2.38. The Morgan fingerprint density at radius 2 is 1.66 bits per heavy atom. The highest BCUT2D eigenvalue weighted by molar-refractivity contribution is 5.94. The molecule has 0 saturated carbocycles. The van der Waals surface area contributed by atoms with Crippen molar-refractivity contribution < 1.29 is 18.7 Å². The fraction of sp³-hybridized carbons (Fsp3) is 0.462. The number of hydrogen-bond donors (Lipinski definition) is 0. The first-order chi connectivity index (χ1) is 15.6. The number of ether oxygens (including phenoxy) is 1. The number of methoxy groups -OCH3 is 1. The highest BCUT2D eigenvalue weighted by Crippen LogP contribution is 2.33. The summed E-state index contributed by atoms with van der Waals surface area (Å²) in [6, 6.07) is 13.7. The van der Waals surface area contributed by atoms with Gasteiger partial charge in [-0.15, -0.1) is 0 Å². The minimum absolute atomic E-state index is 0.0547. The number of likely N-dealkylation sites (tertiary alicyclic amines) is 2. The third-order valence-electron chi connectivity index (χ3n) is 6.69. The van der Waals surface area contributed by atoms with Crippen molar-refractivity contribution >= 4 is 11.8 Å². The van der Waals surface area contributed by atoms with Gasteiger partial charge in [-0.1, -0.05) is 25.0 Å². The molecular formula is C26H31FN2O3. The quantitative estimate of drug-likeness (QED) is 0.687. The first-order valence-electron chi connectivity index (χ1n) is 11.6. The Hall–Kier alpha value is -2.89. The summed E-state index contributed by atoms with van der Waals surface area (Å²) in [5.41, 5.74) is 1.60. The highest BCUT2D eigenvalue weighted by atomic mass is 19.1. The minimum atomic E-state index is -0.362. The molecular weight excluding hydrogens is 407 g/mol. The zero-order valence-corrected chi connectivity index (χ0v) is 18.6. The number of hydrogen-bond acceptors (Lipinski definition) is 3. The molecule has 0 N–H and O–H groups in total. The average Bonchev–Trinajstić information content (AvgIpc) is 3.10. The van der Waals surface area contributed by atoms with E-state index >= 15 is 0 Å². The molecule has 0 spiro atoms. The number of rotatable bonds is 4. The second-order valence-corrected chi connectivity index (χ2v) is 8.77. The molecule has 2 saturated heterocycles. The third kappa shape index (κ3) is 4.95. The maximum atomic E-state index is 13.7. The van der Waals surface area contributed by atoms with E-state index in [0.717, 1.165) is 56.4 Å². The summed E-state index contributed by atoms with van der Waals surface area (Å²) in [7, 11) is 1.65. The van der Waals surface area contributed by atoms with Crippen LogP contribution in [0.5, 0.6) is 5.75 Å². The molecule has 2 amide bonds. The predicted molar refractivity (Wildman–Crippen MR) is 121 cm³/mol. The summed E-state index contributed by atoms with van der Waals surface area (Å²) in [6.45, 7) is 1.79. The fourth-order valence-corrected chi connectivity index (χ4v) is 4.92. The molecule has 2 aliphatic heterocycles. The van der Waals surface area contributed by atoms with Crippen LogP contribution in [0.1, 0.15) is 60.5 Å². The summed E-state index contributed by atoms with van der Waals surface area (Å²) in [5.74, 6) is 0.253. The van der Waals surface area contributed by atoms with Crippen molar-refractivity contribution in [3.63, 3.8) is 0 Å². The molecule has 2 aromatic carbocycles. The monoisotopic (exact) mass is 438 g/mol. The number of piperidine rings is 1. The van der Waals surface area contributed by atoms with Crippen LogP contribution in [0.4, 0.5) is 4.39 Å². The molecule has 2 unspecified atom stereocenters. The molecule has 0 radical (unpaired) electrons. The number of carbonyl (C=O) groups excluding carboxylic acids is 2. The van der Waals surface area contributed by atoms with Gasteiger partial charge in [0, 0.05) is 25.2 Å². The van der Waals surface area contributed by atoms with E-state index < -0.39 is 0 Å². The van der Waals surface area contributed by atoms with Crippen LogP contribution < -0.4 is 4.74 Å². The van der Waals surface area contributed by atoms with Crippen LogP contribution in [0.2, 0.25) is 0 Å². The number of carbonyl (C=O) groups is 2. The van der Waals surface area contributed by atoms with Gasteiger partial charge in [0.15, 0.2) is 0 Å². The predicted octanol–water partition coefficient (Wildman–Crippen LogP) is 4.83. The smallest absolute Gasteiger partial charge is 0.253 e. The Kier molecular flexibility index (Phi) is 7.08. The molecule has 0 bridgehead atoms. The highest BCUT2D eigenvalue weighted by Gasteiger charge is 2.35. The lowest BCUT2D eigenvalue weighted by molar-refractivity contribution is -0.139. The van der Waals surface area contributed by atoms with Crippen LogP contribution in [0, 0.1) is 11.7 Å². The molecule has 2 heterocycles.